The molecule has 0 spiro atoms. The molecular formula is C17H14N4O2. The van der Waals surface area contributed by atoms with Crippen LogP contribution in [0.15, 0.2) is 42.6 Å². The summed E-state index contributed by atoms with van der Waals surface area (Å²) in [5.74, 6) is 1.01. The van der Waals surface area contributed by atoms with E-state index in [1.807, 2.05) is 37.3 Å². The van der Waals surface area contributed by atoms with E-state index in [0.717, 1.165) is 22.2 Å². The molecule has 23 heavy (non-hydrogen) atoms. The predicted octanol–water partition coefficient (Wildman–Crippen LogP) is 3.01. The van der Waals surface area contributed by atoms with Crippen LogP contribution in [0.3, 0.4) is 0 Å². The first kappa shape index (κ1) is 13.5. The summed E-state index contributed by atoms with van der Waals surface area (Å²) < 4.78 is 5.34. The van der Waals surface area contributed by atoms with E-state index >= 15 is 0 Å². The average molecular weight is 306 g/mol. The Morgan fingerprint density at radius 2 is 2.17 bits per heavy atom. The highest BCUT2D eigenvalue weighted by Crippen LogP contribution is 2.31. The Morgan fingerprint density at radius 3 is 3.09 bits per heavy atom. The monoisotopic (exact) mass is 306 g/mol. The number of hydrogen-bond donors (Lipinski definition) is 2. The molecule has 0 fully saturated rings. The third-order valence-electron chi connectivity index (χ3n) is 3.68. The van der Waals surface area contributed by atoms with E-state index in [4.69, 9.17) is 4.74 Å². The molecule has 0 saturated heterocycles. The van der Waals surface area contributed by atoms with Gasteiger partial charge in [0.05, 0.1) is 11.2 Å². The van der Waals surface area contributed by atoms with Crippen LogP contribution in [-0.4, -0.2) is 22.5 Å². The molecule has 6 heteroatoms. The zero-order valence-corrected chi connectivity index (χ0v) is 12.5. The van der Waals surface area contributed by atoms with Gasteiger partial charge in [-0.2, -0.15) is 0 Å². The van der Waals surface area contributed by atoms with Gasteiger partial charge >= 0.3 is 0 Å². The molecule has 1 aliphatic heterocycles. The van der Waals surface area contributed by atoms with Crippen molar-refractivity contribution in [3.05, 3.63) is 48.2 Å². The fraction of sp³-hybridized carbons (Fsp3) is 0.118. The summed E-state index contributed by atoms with van der Waals surface area (Å²) in [6, 6.07) is 11.5. The van der Waals surface area contributed by atoms with Gasteiger partial charge < -0.3 is 15.4 Å². The minimum atomic E-state index is -0.160. The molecule has 2 heterocycles. The number of fused-ring (bicyclic) bond motifs is 2. The fourth-order valence-corrected chi connectivity index (χ4v) is 2.55. The van der Waals surface area contributed by atoms with Crippen molar-refractivity contribution >= 4 is 34.1 Å². The Hall–Kier alpha value is -3.15. The quantitative estimate of drug-likeness (QED) is 0.761. The van der Waals surface area contributed by atoms with E-state index in [1.54, 1.807) is 12.3 Å². The molecule has 1 aliphatic rings. The van der Waals surface area contributed by atoms with Crippen molar-refractivity contribution in [2.45, 2.75) is 6.92 Å². The van der Waals surface area contributed by atoms with Crippen molar-refractivity contribution in [2.75, 3.05) is 17.2 Å². The van der Waals surface area contributed by atoms with Crippen molar-refractivity contribution in [3.63, 3.8) is 0 Å². The van der Waals surface area contributed by atoms with Gasteiger partial charge in [-0.05, 0) is 30.7 Å². The van der Waals surface area contributed by atoms with Crippen LogP contribution < -0.4 is 15.4 Å². The summed E-state index contributed by atoms with van der Waals surface area (Å²) in [4.78, 5) is 20.3. The third-order valence-corrected chi connectivity index (χ3v) is 3.68. The maximum Gasteiger partial charge on any atom is 0.262 e. The number of nitrogens with one attached hydrogen (secondary N) is 2. The number of rotatable bonds is 2. The topological polar surface area (TPSA) is 76.1 Å². The minimum Gasteiger partial charge on any atom is -0.482 e. The maximum absolute atomic E-state index is 11.4. The maximum atomic E-state index is 11.4. The van der Waals surface area contributed by atoms with Crippen LogP contribution in [0.1, 0.15) is 5.56 Å². The summed E-state index contributed by atoms with van der Waals surface area (Å²) >= 11 is 0. The molecule has 3 aromatic rings. The molecule has 1 amide bonds. The molecule has 4 rings (SSSR count). The lowest BCUT2D eigenvalue weighted by atomic mass is 10.1. The lowest BCUT2D eigenvalue weighted by molar-refractivity contribution is -0.118. The molecule has 0 unspecified atom stereocenters. The number of nitrogens with zero attached hydrogens (tertiary/aromatic N) is 2. The van der Waals surface area contributed by atoms with Gasteiger partial charge in [0.25, 0.3) is 5.91 Å². The number of aromatic nitrogens is 2. The van der Waals surface area contributed by atoms with Gasteiger partial charge in [0.1, 0.15) is 5.75 Å². The summed E-state index contributed by atoms with van der Waals surface area (Å²) in [6.45, 7) is 2.07. The highest BCUT2D eigenvalue weighted by Gasteiger charge is 2.16. The minimum absolute atomic E-state index is 0.0485. The Balaban J connectivity index is 1.67. The molecule has 0 bridgehead atoms. The van der Waals surface area contributed by atoms with E-state index in [-0.39, 0.29) is 12.5 Å². The molecule has 0 aliphatic carbocycles. The van der Waals surface area contributed by atoms with Gasteiger partial charge in [0, 0.05) is 17.3 Å². The molecule has 0 saturated carbocycles. The summed E-state index contributed by atoms with van der Waals surface area (Å²) in [7, 11) is 0. The van der Waals surface area contributed by atoms with Crippen LogP contribution in [0.25, 0.3) is 10.9 Å². The molecule has 6 nitrogen and oxygen atoms in total. The predicted molar refractivity (Wildman–Crippen MR) is 88.1 cm³/mol. The Morgan fingerprint density at radius 1 is 1.26 bits per heavy atom. The second-order valence-electron chi connectivity index (χ2n) is 5.38. The molecule has 2 N–H and O–H groups in total. The van der Waals surface area contributed by atoms with Gasteiger partial charge in [-0.15, -0.1) is 0 Å². The zero-order chi connectivity index (χ0) is 15.8. The summed E-state index contributed by atoms with van der Waals surface area (Å²) in [5.41, 5.74) is 3.43. The van der Waals surface area contributed by atoms with Crippen LogP contribution in [0.4, 0.5) is 17.3 Å². The van der Waals surface area contributed by atoms with Crippen molar-refractivity contribution in [2.24, 2.45) is 0 Å². The number of aryl methyl sites for hydroxylation is 1. The van der Waals surface area contributed by atoms with Gasteiger partial charge in [-0.3, -0.25) is 4.79 Å². The van der Waals surface area contributed by atoms with Crippen molar-refractivity contribution in [1.29, 1.82) is 0 Å². The molecular weight excluding hydrogens is 292 g/mol. The number of hydrogen-bond acceptors (Lipinski definition) is 5. The molecule has 2 aromatic carbocycles. The number of benzene rings is 2. The van der Waals surface area contributed by atoms with E-state index in [2.05, 4.69) is 20.6 Å². The highest BCUT2D eigenvalue weighted by atomic mass is 16.5. The van der Waals surface area contributed by atoms with Gasteiger partial charge in [0.15, 0.2) is 6.61 Å². The standard InChI is InChI=1S/C17H14N4O2/c1-10-3-2-4-11-8-18-17(21-16(10)11)19-12-5-6-14-13(7-12)20-15(22)9-23-14/h2-8H,9H2,1H3,(H,20,22)(H,18,19,21). The largest absolute Gasteiger partial charge is 0.482 e. The molecule has 1 aromatic heterocycles. The lowest BCUT2D eigenvalue weighted by Gasteiger charge is -2.18. The van der Waals surface area contributed by atoms with Gasteiger partial charge in [-0.1, -0.05) is 18.2 Å². The summed E-state index contributed by atoms with van der Waals surface area (Å²) in [5, 5.41) is 6.94. The normalized spacial score (nSPS) is 13.2. The molecule has 0 radical (unpaired) electrons. The molecule has 0 atom stereocenters. The van der Waals surface area contributed by atoms with E-state index in [1.165, 1.54) is 0 Å². The summed E-state index contributed by atoms with van der Waals surface area (Å²) in [6.07, 6.45) is 1.79. The first-order valence-electron chi connectivity index (χ1n) is 7.25. The van der Waals surface area contributed by atoms with Crippen molar-refractivity contribution in [1.82, 2.24) is 9.97 Å². The van der Waals surface area contributed by atoms with Crippen LogP contribution in [-0.2, 0) is 4.79 Å². The highest BCUT2D eigenvalue weighted by molar-refractivity contribution is 5.96. The first-order valence-corrected chi connectivity index (χ1v) is 7.25. The Bertz CT molecular complexity index is 924. The number of para-hydroxylation sites is 1. The second kappa shape index (κ2) is 5.24. The number of amides is 1. The molecule has 114 valence electrons. The lowest BCUT2D eigenvalue weighted by Crippen LogP contribution is -2.25. The van der Waals surface area contributed by atoms with Gasteiger partial charge in [0.2, 0.25) is 5.95 Å². The van der Waals surface area contributed by atoms with Crippen molar-refractivity contribution in [3.8, 4) is 5.75 Å². The number of carbonyl (C=O) groups excluding carboxylic acids is 1. The SMILES string of the molecule is Cc1cccc2cnc(Nc3ccc4c(c3)NC(=O)CO4)nc12. The first-order chi connectivity index (χ1) is 11.2. The van der Waals surface area contributed by atoms with Crippen LogP contribution in [0.2, 0.25) is 0 Å². The average Bonchev–Trinajstić information content (AvgIpc) is 2.55. The van der Waals surface area contributed by atoms with Gasteiger partial charge in [-0.25, -0.2) is 9.97 Å². The Labute approximate surface area is 132 Å². The smallest absolute Gasteiger partial charge is 0.262 e. The Kier molecular flexibility index (Phi) is 3.08. The van der Waals surface area contributed by atoms with Crippen molar-refractivity contribution < 1.29 is 9.53 Å². The number of anilines is 3. The number of ether oxygens (including phenoxy) is 1. The number of carbonyl (C=O) groups is 1. The fourth-order valence-electron chi connectivity index (χ4n) is 2.55. The third kappa shape index (κ3) is 2.55. The van der Waals surface area contributed by atoms with Crippen LogP contribution in [0.5, 0.6) is 5.75 Å². The van der Waals surface area contributed by atoms with Crippen LogP contribution in [0, 0.1) is 6.92 Å². The van der Waals surface area contributed by atoms with E-state index in [0.29, 0.717) is 17.4 Å². The van der Waals surface area contributed by atoms with Crippen LogP contribution >= 0.6 is 0 Å². The van der Waals surface area contributed by atoms with E-state index < -0.39 is 0 Å². The van der Waals surface area contributed by atoms with E-state index in [9.17, 15) is 4.79 Å². The second-order valence-corrected chi connectivity index (χ2v) is 5.38. The zero-order valence-electron chi connectivity index (χ0n) is 12.5.